The molecule has 2 unspecified atom stereocenters. The van der Waals surface area contributed by atoms with Crippen LogP contribution in [0.2, 0.25) is 0 Å². The molecule has 1 aromatic carbocycles. The summed E-state index contributed by atoms with van der Waals surface area (Å²) in [4.78, 5) is 0. The lowest BCUT2D eigenvalue weighted by Crippen LogP contribution is -2.37. The van der Waals surface area contributed by atoms with E-state index in [1.54, 1.807) is 11.1 Å². The van der Waals surface area contributed by atoms with E-state index in [1.807, 2.05) is 0 Å². The summed E-state index contributed by atoms with van der Waals surface area (Å²) in [6, 6.07) is 9.56. The van der Waals surface area contributed by atoms with Gasteiger partial charge in [-0.1, -0.05) is 45.0 Å². The minimum atomic E-state index is 0.670. The molecule has 0 heterocycles. The first-order valence-corrected chi connectivity index (χ1v) is 6.53. The van der Waals surface area contributed by atoms with Crippen LogP contribution < -0.4 is 5.32 Å². The van der Waals surface area contributed by atoms with Crippen LogP contribution >= 0.6 is 0 Å². The molecule has 1 nitrogen and oxygen atoms in total. The predicted molar refractivity (Wildman–Crippen MR) is 69.8 cm³/mol. The van der Waals surface area contributed by atoms with E-state index < -0.39 is 0 Å². The third kappa shape index (κ3) is 2.30. The summed E-state index contributed by atoms with van der Waals surface area (Å²) in [5.41, 5.74) is 3.15. The van der Waals surface area contributed by atoms with Crippen molar-refractivity contribution in [1.82, 2.24) is 5.32 Å². The summed E-state index contributed by atoms with van der Waals surface area (Å²) in [5, 5.41) is 3.61. The molecule has 0 spiro atoms. The average Bonchev–Trinajstić information content (AvgIpc) is 2.24. The predicted octanol–water partition coefficient (Wildman–Crippen LogP) is 3.35. The summed E-state index contributed by atoms with van der Waals surface area (Å²) >= 11 is 0. The van der Waals surface area contributed by atoms with Gasteiger partial charge < -0.3 is 5.32 Å². The van der Waals surface area contributed by atoms with E-state index in [4.69, 9.17) is 0 Å². The Morgan fingerprint density at radius 3 is 2.69 bits per heavy atom. The molecule has 0 amide bonds. The minimum Gasteiger partial charge on any atom is -0.314 e. The second kappa shape index (κ2) is 5.01. The van der Waals surface area contributed by atoms with Gasteiger partial charge in [0.1, 0.15) is 0 Å². The molecule has 0 aliphatic heterocycles. The Labute approximate surface area is 99.3 Å². The molecule has 88 valence electrons. The normalized spacial score (nSPS) is 20.4. The van der Waals surface area contributed by atoms with E-state index in [-0.39, 0.29) is 0 Å². The van der Waals surface area contributed by atoms with Crippen molar-refractivity contribution in [2.45, 2.75) is 45.6 Å². The van der Waals surface area contributed by atoms with Crippen molar-refractivity contribution < 1.29 is 0 Å². The van der Waals surface area contributed by atoms with Gasteiger partial charge in [0.15, 0.2) is 0 Å². The highest BCUT2D eigenvalue weighted by Crippen LogP contribution is 2.38. The number of rotatable bonds is 5. The van der Waals surface area contributed by atoms with E-state index in [0.29, 0.717) is 6.04 Å². The van der Waals surface area contributed by atoms with Gasteiger partial charge in [0.05, 0.1) is 0 Å². The Morgan fingerprint density at radius 1 is 1.31 bits per heavy atom. The quantitative estimate of drug-likeness (QED) is 0.797. The van der Waals surface area contributed by atoms with Crippen molar-refractivity contribution in [3.63, 3.8) is 0 Å². The maximum absolute atomic E-state index is 3.61. The van der Waals surface area contributed by atoms with Crippen molar-refractivity contribution in [3.8, 4) is 0 Å². The number of nitrogens with one attached hydrogen (secondary N) is 1. The number of hydrogen-bond acceptors (Lipinski definition) is 1. The zero-order valence-corrected chi connectivity index (χ0v) is 10.7. The maximum Gasteiger partial charge on any atom is 0.00958 e. The molecule has 1 heteroatoms. The Kier molecular flexibility index (Phi) is 3.65. The Bertz CT molecular complexity index is 343. The first-order valence-electron chi connectivity index (χ1n) is 6.53. The van der Waals surface area contributed by atoms with Gasteiger partial charge in [0, 0.05) is 6.04 Å². The monoisotopic (exact) mass is 217 g/mol. The molecule has 0 radical (unpaired) electrons. The fourth-order valence-electron chi connectivity index (χ4n) is 2.73. The lowest BCUT2D eigenvalue weighted by molar-refractivity contribution is 0.346. The Hall–Kier alpha value is -0.820. The van der Waals surface area contributed by atoms with Crippen LogP contribution in [0.3, 0.4) is 0 Å². The highest BCUT2D eigenvalue weighted by atomic mass is 14.9. The lowest BCUT2D eigenvalue weighted by atomic mass is 9.73. The summed E-state index contributed by atoms with van der Waals surface area (Å²) in [6.07, 6.45) is 2.58. The third-order valence-corrected chi connectivity index (χ3v) is 3.77. The number of fused-ring (bicyclic) bond motifs is 1. The van der Waals surface area contributed by atoms with Crippen LogP contribution in [0.5, 0.6) is 0 Å². The molecular weight excluding hydrogens is 194 g/mol. The standard InChI is InChI=1S/C15H23N/c1-4-16-15(11(2)3)10-13-9-12-7-5-6-8-14(12)13/h5-8,11,13,15-16H,4,9-10H2,1-3H3. The molecule has 0 aromatic heterocycles. The van der Waals surface area contributed by atoms with E-state index in [0.717, 1.165) is 18.4 Å². The molecule has 1 N–H and O–H groups in total. The van der Waals surface area contributed by atoms with E-state index in [1.165, 1.54) is 12.8 Å². The zero-order valence-electron chi connectivity index (χ0n) is 10.7. The minimum absolute atomic E-state index is 0.670. The molecule has 16 heavy (non-hydrogen) atoms. The van der Waals surface area contributed by atoms with Crippen molar-refractivity contribution in [2.75, 3.05) is 6.54 Å². The van der Waals surface area contributed by atoms with Gasteiger partial charge in [0.25, 0.3) is 0 Å². The molecule has 0 saturated carbocycles. The summed E-state index contributed by atoms with van der Waals surface area (Å²) in [7, 11) is 0. The molecule has 0 bridgehead atoms. The zero-order chi connectivity index (χ0) is 11.5. The first kappa shape index (κ1) is 11.7. The summed E-state index contributed by atoms with van der Waals surface area (Å²) in [6.45, 7) is 7.91. The second-order valence-corrected chi connectivity index (χ2v) is 5.24. The SMILES string of the molecule is CCNC(CC1Cc2ccccc21)C(C)C. The van der Waals surface area contributed by atoms with Gasteiger partial charge >= 0.3 is 0 Å². The Morgan fingerprint density at radius 2 is 2.06 bits per heavy atom. The molecule has 1 aliphatic rings. The van der Waals surface area contributed by atoms with Crippen LogP contribution in [0.15, 0.2) is 24.3 Å². The lowest BCUT2D eigenvalue weighted by Gasteiger charge is -2.34. The van der Waals surface area contributed by atoms with Crippen molar-refractivity contribution in [3.05, 3.63) is 35.4 Å². The number of benzene rings is 1. The average molecular weight is 217 g/mol. The smallest absolute Gasteiger partial charge is 0.00958 e. The Balaban J connectivity index is 1.97. The van der Waals surface area contributed by atoms with E-state index in [9.17, 15) is 0 Å². The van der Waals surface area contributed by atoms with Gasteiger partial charge in [-0.05, 0) is 42.3 Å². The third-order valence-electron chi connectivity index (χ3n) is 3.77. The van der Waals surface area contributed by atoms with Crippen LogP contribution in [-0.4, -0.2) is 12.6 Å². The van der Waals surface area contributed by atoms with E-state index >= 15 is 0 Å². The molecule has 1 aliphatic carbocycles. The largest absolute Gasteiger partial charge is 0.314 e. The highest BCUT2D eigenvalue weighted by molar-refractivity contribution is 5.39. The van der Waals surface area contributed by atoms with E-state index in [2.05, 4.69) is 50.4 Å². The fourth-order valence-corrected chi connectivity index (χ4v) is 2.73. The van der Waals surface area contributed by atoms with Crippen LogP contribution in [0.25, 0.3) is 0 Å². The van der Waals surface area contributed by atoms with Crippen LogP contribution in [-0.2, 0) is 6.42 Å². The van der Waals surface area contributed by atoms with Crippen molar-refractivity contribution in [2.24, 2.45) is 5.92 Å². The fraction of sp³-hybridized carbons (Fsp3) is 0.600. The van der Waals surface area contributed by atoms with Gasteiger partial charge in [-0.25, -0.2) is 0 Å². The molecular formula is C15H23N. The van der Waals surface area contributed by atoms with Crippen LogP contribution in [0.1, 0.15) is 44.2 Å². The van der Waals surface area contributed by atoms with Gasteiger partial charge in [-0.2, -0.15) is 0 Å². The topological polar surface area (TPSA) is 12.0 Å². The van der Waals surface area contributed by atoms with Gasteiger partial charge in [-0.3, -0.25) is 0 Å². The van der Waals surface area contributed by atoms with Crippen LogP contribution in [0, 0.1) is 5.92 Å². The summed E-state index contributed by atoms with van der Waals surface area (Å²) < 4.78 is 0. The molecule has 1 aromatic rings. The highest BCUT2D eigenvalue weighted by Gasteiger charge is 2.28. The van der Waals surface area contributed by atoms with Crippen LogP contribution in [0.4, 0.5) is 0 Å². The summed E-state index contributed by atoms with van der Waals surface area (Å²) in [5.74, 6) is 1.52. The molecule has 2 rings (SSSR count). The molecule has 2 atom stereocenters. The second-order valence-electron chi connectivity index (χ2n) is 5.24. The van der Waals surface area contributed by atoms with Crippen molar-refractivity contribution >= 4 is 0 Å². The first-order chi connectivity index (χ1) is 7.72. The molecule has 0 saturated heterocycles. The maximum atomic E-state index is 3.61. The van der Waals surface area contributed by atoms with Crippen molar-refractivity contribution in [1.29, 1.82) is 0 Å². The van der Waals surface area contributed by atoms with Gasteiger partial charge in [0.2, 0.25) is 0 Å². The molecule has 0 fully saturated rings. The number of hydrogen-bond donors (Lipinski definition) is 1. The van der Waals surface area contributed by atoms with Gasteiger partial charge in [-0.15, -0.1) is 0 Å².